The van der Waals surface area contributed by atoms with Crippen LogP contribution in [0.1, 0.15) is 12.5 Å². The van der Waals surface area contributed by atoms with Gasteiger partial charge in [0.05, 0.1) is 19.3 Å². The molecule has 0 saturated carbocycles. The largest absolute Gasteiger partial charge is 0.506 e. The number of nitrogens with one attached hydrogen (secondary N) is 1. The highest BCUT2D eigenvalue weighted by atomic mass is 127. The predicted octanol–water partition coefficient (Wildman–Crippen LogP) is 2.70. The van der Waals surface area contributed by atoms with Crippen molar-refractivity contribution in [2.75, 3.05) is 44.7 Å². The van der Waals surface area contributed by atoms with Crippen molar-refractivity contribution in [2.45, 2.75) is 13.5 Å². The maximum atomic E-state index is 10.1. The van der Waals surface area contributed by atoms with Crippen molar-refractivity contribution in [1.29, 1.82) is 0 Å². The number of piperazine rings is 1. The summed E-state index contributed by atoms with van der Waals surface area (Å²) in [6.07, 6.45) is 1.74. The number of aromatic hydroxyl groups is 1. The molecule has 1 aliphatic heterocycles. The van der Waals surface area contributed by atoms with Gasteiger partial charge in [-0.2, -0.15) is 0 Å². The third kappa shape index (κ3) is 5.63. The SMILES string of the molecule is CCNC(=NCc1ccnc(OC)c1)N1CCN(c2ccccc2O)CC1.I. The van der Waals surface area contributed by atoms with Gasteiger partial charge in [-0.3, -0.25) is 0 Å². The molecule has 152 valence electrons. The third-order valence-corrected chi connectivity index (χ3v) is 4.56. The Morgan fingerprint density at radius 3 is 2.64 bits per heavy atom. The summed E-state index contributed by atoms with van der Waals surface area (Å²) in [7, 11) is 1.61. The molecule has 0 unspecified atom stereocenters. The first-order valence-electron chi connectivity index (χ1n) is 9.26. The lowest BCUT2D eigenvalue weighted by molar-refractivity contribution is 0.369. The molecular weight excluding hydrogens is 469 g/mol. The Labute approximate surface area is 183 Å². The number of phenolic OH excluding ortho intramolecular Hbond substituents is 1. The van der Waals surface area contributed by atoms with Crippen molar-refractivity contribution >= 4 is 35.6 Å². The topological polar surface area (TPSA) is 73.2 Å². The minimum atomic E-state index is 0. The normalized spacial score (nSPS) is 14.4. The molecule has 2 heterocycles. The van der Waals surface area contributed by atoms with Gasteiger partial charge in [0.2, 0.25) is 5.88 Å². The number of nitrogens with zero attached hydrogens (tertiary/aromatic N) is 4. The van der Waals surface area contributed by atoms with E-state index in [2.05, 4.69) is 27.0 Å². The first-order chi connectivity index (χ1) is 13.2. The molecular formula is C20H28IN5O2. The molecule has 0 radical (unpaired) electrons. The molecule has 1 saturated heterocycles. The molecule has 1 aromatic heterocycles. The summed E-state index contributed by atoms with van der Waals surface area (Å²) in [6.45, 7) is 6.83. The van der Waals surface area contributed by atoms with Crippen LogP contribution in [0.4, 0.5) is 5.69 Å². The Kier molecular flexibility index (Phi) is 8.62. The van der Waals surface area contributed by atoms with Crippen molar-refractivity contribution in [3.05, 3.63) is 48.2 Å². The summed E-state index contributed by atoms with van der Waals surface area (Å²) < 4.78 is 5.18. The number of benzene rings is 1. The second kappa shape index (κ2) is 10.9. The van der Waals surface area contributed by atoms with E-state index in [1.54, 1.807) is 19.4 Å². The van der Waals surface area contributed by atoms with E-state index in [1.807, 2.05) is 30.3 Å². The fourth-order valence-electron chi connectivity index (χ4n) is 3.14. The van der Waals surface area contributed by atoms with Crippen LogP contribution >= 0.6 is 24.0 Å². The second-order valence-electron chi connectivity index (χ2n) is 6.34. The molecule has 0 aliphatic carbocycles. The number of pyridine rings is 1. The molecule has 8 heteroatoms. The van der Waals surface area contributed by atoms with Crippen LogP contribution < -0.4 is 15.0 Å². The fraction of sp³-hybridized carbons (Fsp3) is 0.400. The molecule has 28 heavy (non-hydrogen) atoms. The number of ether oxygens (including phenoxy) is 1. The van der Waals surface area contributed by atoms with Crippen LogP contribution in [-0.2, 0) is 6.54 Å². The standard InChI is InChI=1S/C20H27N5O2.HI/c1-3-21-20(23-15-16-8-9-22-19(14-16)27-2)25-12-10-24(11-13-25)17-6-4-5-7-18(17)26;/h4-9,14,26H,3,10-13,15H2,1-2H3,(H,21,23);1H. The van der Waals surface area contributed by atoms with Crippen molar-refractivity contribution in [2.24, 2.45) is 4.99 Å². The smallest absolute Gasteiger partial charge is 0.213 e. The van der Waals surface area contributed by atoms with Gasteiger partial charge in [-0.05, 0) is 30.7 Å². The quantitative estimate of drug-likeness (QED) is 0.376. The van der Waals surface area contributed by atoms with Crippen LogP contribution in [0.2, 0.25) is 0 Å². The van der Waals surface area contributed by atoms with E-state index in [4.69, 9.17) is 9.73 Å². The Morgan fingerprint density at radius 2 is 1.96 bits per heavy atom. The molecule has 3 rings (SSSR count). The zero-order valence-corrected chi connectivity index (χ0v) is 18.7. The van der Waals surface area contributed by atoms with E-state index in [-0.39, 0.29) is 24.0 Å². The van der Waals surface area contributed by atoms with Gasteiger partial charge in [-0.1, -0.05) is 12.1 Å². The summed E-state index contributed by atoms with van der Waals surface area (Å²) in [6, 6.07) is 11.3. The van der Waals surface area contributed by atoms with E-state index in [9.17, 15) is 5.11 Å². The molecule has 2 N–H and O–H groups in total. The first-order valence-corrected chi connectivity index (χ1v) is 9.26. The van der Waals surface area contributed by atoms with Crippen LogP contribution in [-0.4, -0.2) is 60.8 Å². The van der Waals surface area contributed by atoms with Crippen molar-refractivity contribution in [1.82, 2.24) is 15.2 Å². The van der Waals surface area contributed by atoms with Crippen molar-refractivity contribution < 1.29 is 9.84 Å². The highest BCUT2D eigenvalue weighted by molar-refractivity contribution is 14.0. The number of rotatable bonds is 5. The Balaban J connectivity index is 0.00000280. The number of hydrogen-bond donors (Lipinski definition) is 2. The van der Waals surface area contributed by atoms with E-state index in [0.29, 0.717) is 18.2 Å². The number of halogens is 1. The number of hydrogen-bond acceptors (Lipinski definition) is 5. The maximum absolute atomic E-state index is 10.1. The van der Waals surface area contributed by atoms with E-state index in [0.717, 1.165) is 49.9 Å². The molecule has 7 nitrogen and oxygen atoms in total. The number of para-hydroxylation sites is 2. The van der Waals surface area contributed by atoms with Gasteiger partial charge in [0.1, 0.15) is 5.75 Å². The molecule has 0 amide bonds. The summed E-state index contributed by atoms with van der Waals surface area (Å²) in [5.41, 5.74) is 1.95. The van der Waals surface area contributed by atoms with Gasteiger partial charge in [-0.25, -0.2) is 9.98 Å². The lowest BCUT2D eigenvalue weighted by Crippen LogP contribution is -2.52. The lowest BCUT2D eigenvalue weighted by Gasteiger charge is -2.37. The maximum Gasteiger partial charge on any atom is 0.213 e. The highest BCUT2D eigenvalue weighted by Crippen LogP contribution is 2.27. The minimum absolute atomic E-state index is 0. The molecule has 1 aliphatic rings. The van der Waals surface area contributed by atoms with Gasteiger partial charge in [0.15, 0.2) is 5.96 Å². The van der Waals surface area contributed by atoms with E-state index in [1.165, 1.54) is 0 Å². The van der Waals surface area contributed by atoms with E-state index < -0.39 is 0 Å². The zero-order valence-electron chi connectivity index (χ0n) is 16.3. The Hall–Kier alpha value is -2.23. The lowest BCUT2D eigenvalue weighted by atomic mass is 10.2. The van der Waals surface area contributed by atoms with Gasteiger partial charge in [0.25, 0.3) is 0 Å². The number of aliphatic imine (C=N–C) groups is 1. The van der Waals surface area contributed by atoms with Crippen LogP contribution in [0.3, 0.4) is 0 Å². The Morgan fingerprint density at radius 1 is 1.21 bits per heavy atom. The Bertz CT molecular complexity index is 779. The summed E-state index contributed by atoms with van der Waals surface area (Å²) in [5, 5.41) is 13.4. The van der Waals surface area contributed by atoms with Gasteiger partial charge >= 0.3 is 0 Å². The minimum Gasteiger partial charge on any atom is -0.506 e. The number of methoxy groups -OCH3 is 1. The molecule has 0 spiro atoms. The van der Waals surface area contributed by atoms with Crippen LogP contribution in [0.5, 0.6) is 11.6 Å². The van der Waals surface area contributed by atoms with Gasteiger partial charge in [0, 0.05) is 45.0 Å². The predicted molar refractivity (Wildman–Crippen MR) is 123 cm³/mol. The third-order valence-electron chi connectivity index (χ3n) is 4.56. The van der Waals surface area contributed by atoms with Gasteiger partial charge in [-0.15, -0.1) is 24.0 Å². The summed E-state index contributed by atoms with van der Waals surface area (Å²) in [4.78, 5) is 13.4. The fourth-order valence-corrected chi connectivity index (χ4v) is 3.14. The second-order valence-corrected chi connectivity index (χ2v) is 6.34. The number of aromatic nitrogens is 1. The summed E-state index contributed by atoms with van der Waals surface area (Å²) >= 11 is 0. The van der Waals surface area contributed by atoms with E-state index >= 15 is 0 Å². The van der Waals surface area contributed by atoms with Crippen molar-refractivity contribution in [3.63, 3.8) is 0 Å². The molecule has 2 aromatic rings. The molecule has 1 fully saturated rings. The first kappa shape index (κ1) is 22.1. The van der Waals surface area contributed by atoms with Crippen LogP contribution in [0, 0.1) is 0 Å². The summed E-state index contributed by atoms with van der Waals surface area (Å²) in [5.74, 6) is 1.84. The van der Waals surface area contributed by atoms with Crippen LogP contribution in [0.15, 0.2) is 47.6 Å². The monoisotopic (exact) mass is 497 g/mol. The number of phenols is 1. The molecule has 0 atom stereocenters. The zero-order chi connectivity index (χ0) is 19.1. The molecule has 0 bridgehead atoms. The number of guanidine groups is 1. The highest BCUT2D eigenvalue weighted by Gasteiger charge is 2.21. The average molecular weight is 497 g/mol. The van der Waals surface area contributed by atoms with Crippen molar-refractivity contribution in [3.8, 4) is 11.6 Å². The van der Waals surface area contributed by atoms with Crippen LogP contribution in [0.25, 0.3) is 0 Å². The number of anilines is 1. The van der Waals surface area contributed by atoms with Gasteiger partial charge < -0.3 is 25.0 Å². The molecule has 1 aromatic carbocycles. The average Bonchev–Trinajstić information content (AvgIpc) is 2.72.